The molecule has 3 heteroatoms. The number of furan rings is 1. The molecule has 0 amide bonds. The molecule has 1 unspecified atom stereocenters. The van der Waals surface area contributed by atoms with Crippen molar-refractivity contribution < 1.29 is 4.42 Å². The van der Waals surface area contributed by atoms with Gasteiger partial charge in [-0.25, -0.2) is 0 Å². The summed E-state index contributed by atoms with van der Waals surface area (Å²) in [5.74, 6) is 3.93. The Labute approximate surface area is 122 Å². The molecule has 1 aliphatic carbocycles. The maximum atomic E-state index is 6.05. The van der Waals surface area contributed by atoms with E-state index < -0.39 is 0 Å². The number of aryl methyl sites for hydroxylation is 1. The minimum Gasteiger partial charge on any atom is -0.463 e. The van der Waals surface area contributed by atoms with Gasteiger partial charge in [0, 0.05) is 12.6 Å². The predicted octanol–water partition coefficient (Wildman–Crippen LogP) is 3.32. The maximum Gasteiger partial charge on any atom is 0.120 e. The zero-order valence-corrected chi connectivity index (χ0v) is 13.1. The molecule has 0 radical (unpaired) electrons. The van der Waals surface area contributed by atoms with Gasteiger partial charge in [0.15, 0.2) is 0 Å². The molecular weight excluding hydrogens is 248 g/mol. The third kappa shape index (κ3) is 3.44. The summed E-state index contributed by atoms with van der Waals surface area (Å²) in [4.78, 5) is 2.54. The minimum atomic E-state index is 0.744. The van der Waals surface area contributed by atoms with Crippen molar-refractivity contribution in [3.05, 3.63) is 23.2 Å². The SMILES string of the molecule is Cc1cc(CN2CCC(C(C)C)C2)oc1CNC1CC1. The highest BCUT2D eigenvalue weighted by Crippen LogP contribution is 2.26. The van der Waals surface area contributed by atoms with Gasteiger partial charge in [0.25, 0.3) is 0 Å². The minimum absolute atomic E-state index is 0.744. The molecule has 1 saturated carbocycles. The Morgan fingerprint density at radius 1 is 1.35 bits per heavy atom. The van der Waals surface area contributed by atoms with Gasteiger partial charge in [-0.2, -0.15) is 0 Å². The van der Waals surface area contributed by atoms with Gasteiger partial charge >= 0.3 is 0 Å². The summed E-state index contributed by atoms with van der Waals surface area (Å²) in [6, 6.07) is 2.97. The van der Waals surface area contributed by atoms with E-state index in [-0.39, 0.29) is 0 Å². The quantitative estimate of drug-likeness (QED) is 0.864. The van der Waals surface area contributed by atoms with Crippen molar-refractivity contribution in [2.75, 3.05) is 13.1 Å². The zero-order valence-electron chi connectivity index (χ0n) is 13.1. The highest BCUT2D eigenvalue weighted by molar-refractivity contribution is 5.20. The first-order valence-electron chi connectivity index (χ1n) is 8.15. The van der Waals surface area contributed by atoms with Crippen molar-refractivity contribution in [2.24, 2.45) is 11.8 Å². The fourth-order valence-corrected chi connectivity index (χ4v) is 3.14. The van der Waals surface area contributed by atoms with Gasteiger partial charge in [0.2, 0.25) is 0 Å². The smallest absolute Gasteiger partial charge is 0.120 e. The van der Waals surface area contributed by atoms with Crippen LogP contribution in [0.25, 0.3) is 0 Å². The predicted molar refractivity (Wildman–Crippen MR) is 81.5 cm³/mol. The van der Waals surface area contributed by atoms with E-state index in [1.807, 2.05) is 0 Å². The van der Waals surface area contributed by atoms with Crippen molar-refractivity contribution >= 4 is 0 Å². The molecule has 3 nitrogen and oxygen atoms in total. The molecular formula is C17H28N2O. The highest BCUT2D eigenvalue weighted by Gasteiger charge is 2.26. The summed E-state index contributed by atoms with van der Waals surface area (Å²) >= 11 is 0. The fraction of sp³-hybridized carbons (Fsp3) is 0.765. The maximum absolute atomic E-state index is 6.05. The van der Waals surface area contributed by atoms with Crippen LogP contribution in [0.15, 0.2) is 10.5 Å². The average molecular weight is 276 g/mol. The molecule has 1 aromatic rings. The molecule has 2 aliphatic rings. The van der Waals surface area contributed by atoms with Gasteiger partial charge in [-0.3, -0.25) is 4.90 Å². The van der Waals surface area contributed by atoms with Gasteiger partial charge in [0.05, 0.1) is 13.1 Å². The Kier molecular flexibility index (Phi) is 4.18. The topological polar surface area (TPSA) is 28.4 Å². The molecule has 3 rings (SSSR count). The van der Waals surface area contributed by atoms with Gasteiger partial charge in [-0.1, -0.05) is 13.8 Å². The van der Waals surface area contributed by atoms with E-state index in [2.05, 4.69) is 37.1 Å². The van der Waals surface area contributed by atoms with E-state index in [1.54, 1.807) is 0 Å². The van der Waals surface area contributed by atoms with Gasteiger partial charge in [0.1, 0.15) is 11.5 Å². The van der Waals surface area contributed by atoms with Gasteiger partial charge < -0.3 is 9.73 Å². The number of hydrogen-bond donors (Lipinski definition) is 1. The average Bonchev–Trinajstić information content (AvgIpc) is 3.00. The first-order valence-corrected chi connectivity index (χ1v) is 8.15. The second kappa shape index (κ2) is 5.90. The zero-order chi connectivity index (χ0) is 14.1. The van der Waals surface area contributed by atoms with E-state index in [0.29, 0.717) is 0 Å². The molecule has 1 saturated heterocycles. The van der Waals surface area contributed by atoms with Crippen LogP contribution < -0.4 is 5.32 Å². The van der Waals surface area contributed by atoms with E-state index in [4.69, 9.17) is 4.42 Å². The Bertz CT molecular complexity index is 448. The second-order valence-corrected chi connectivity index (χ2v) is 7.00. The number of nitrogens with one attached hydrogen (secondary N) is 1. The van der Waals surface area contributed by atoms with Crippen LogP contribution in [-0.4, -0.2) is 24.0 Å². The summed E-state index contributed by atoms with van der Waals surface area (Å²) in [6.45, 7) is 11.2. The lowest BCUT2D eigenvalue weighted by Crippen LogP contribution is -2.21. The van der Waals surface area contributed by atoms with Crippen LogP contribution >= 0.6 is 0 Å². The fourth-order valence-electron chi connectivity index (χ4n) is 3.14. The van der Waals surface area contributed by atoms with Crippen molar-refractivity contribution in [2.45, 2.75) is 59.2 Å². The molecule has 1 atom stereocenters. The Morgan fingerprint density at radius 3 is 2.80 bits per heavy atom. The van der Waals surface area contributed by atoms with Crippen LogP contribution in [0, 0.1) is 18.8 Å². The lowest BCUT2D eigenvalue weighted by atomic mass is 9.95. The number of likely N-dealkylation sites (tertiary alicyclic amines) is 1. The molecule has 1 N–H and O–H groups in total. The van der Waals surface area contributed by atoms with Crippen molar-refractivity contribution in [1.82, 2.24) is 10.2 Å². The Balaban J connectivity index is 1.53. The third-order valence-corrected chi connectivity index (χ3v) is 4.83. The van der Waals surface area contributed by atoms with Crippen molar-refractivity contribution in [3.63, 3.8) is 0 Å². The van der Waals surface area contributed by atoms with Crippen molar-refractivity contribution in [3.8, 4) is 0 Å². The standard InChI is InChI=1S/C17H28N2O/c1-12(2)14-6-7-19(10-14)11-16-8-13(3)17(20-16)9-18-15-4-5-15/h8,12,14-15,18H,4-7,9-11H2,1-3H3. The van der Waals surface area contributed by atoms with E-state index in [9.17, 15) is 0 Å². The molecule has 2 heterocycles. The van der Waals surface area contributed by atoms with Crippen molar-refractivity contribution in [1.29, 1.82) is 0 Å². The molecule has 0 aromatic carbocycles. The second-order valence-electron chi connectivity index (χ2n) is 7.00. The first kappa shape index (κ1) is 14.2. The number of rotatable bonds is 6. The Hall–Kier alpha value is -0.800. The van der Waals surface area contributed by atoms with Gasteiger partial charge in [-0.05, 0) is 56.2 Å². The summed E-state index contributed by atoms with van der Waals surface area (Å²) in [7, 11) is 0. The largest absolute Gasteiger partial charge is 0.463 e. The van der Waals surface area contributed by atoms with Crippen LogP contribution in [0.1, 0.15) is 50.2 Å². The molecule has 1 aliphatic heterocycles. The van der Waals surface area contributed by atoms with Crippen LogP contribution in [0.3, 0.4) is 0 Å². The number of hydrogen-bond acceptors (Lipinski definition) is 3. The van der Waals surface area contributed by atoms with Crippen LogP contribution in [0.5, 0.6) is 0 Å². The molecule has 1 aromatic heterocycles. The van der Waals surface area contributed by atoms with E-state index >= 15 is 0 Å². The molecule has 0 bridgehead atoms. The summed E-state index contributed by atoms with van der Waals surface area (Å²) in [5, 5.41) is 3.54. The molecule has 112 valence electrons. The first-order chi connectivity index (χ1) is 9.61. The molecule has 2 fully saturated rings. The van der Waals surface area contributed by atoms with E-state index in [0.717, 1.165) is 42.5 Å². The van der Waals surface area contributed by atoms with Crippen LogP contribution in [-0.2, 0) is 13.1 Å². The number of nitrogens with zero attached hydrogens (tertiary/aromatic N) is 1. The monoisotopic (exact) mass is 276 g/mol. The van der Waals surface area contributed by atoms with E-state index in [1.165, 1.54) is 37.9 Å². The highest BCUT2D eigenvalue weighted by atomic mass is 16.3. The molecule has 20 heavy (non-hydrogen) atoms. The molecule has 0 spiro atoms. The van der Waals surface area contributed by atoms with Crippen LogP contribution in [0.4, 0.5) is 0 Å². The van der Waals surface area contributed by atoms with Crippen LogP contribution in [0.2, 0.25) is 0 Å². The summed E-state index contributed by atoms with van der Waals surface area (Å²) in [6.07, 6.45) is 4.00. The summed E-state index contributed by atoms with van der Waals surface area (Å²) < 4.78 is 6.05. The lowest BCUT2D eigenvalue weighted by Gasteiger charge is -2.16. The third-order valence-electron chi connectivity index (χ3n) is 4.83. The van der Waals surface area contributed by atoms with Gasteiger partial charge in [-0.15, -0.1) is 0 Å². The summed E-state index contributed by atoms with van der Waals surface area (Å²) in [5.41, 5.74) is 1.30. The Morgan fingerprint density at radius 2 is 2.15 bits per heavy atom. The lowest BCUT2D eigenvalue weighted by molar-refractivity contribution is 0.269. The normalized spacial score (nSPS) is 23.9.